The first kappa shape index (κ1) is 13.1. The van der Waals surface area contributed by atoms with Crippen molar-refractivity contribution in [2.24, 2.45) is 0 Å². The number of carbonyl (C=O) groups is 1. The van der Waals surface area contributed by atoms with E-state index in [2.05, 4.69) is 31.6 Å². The number of rotatable bonds is 5. The van der Waals surface area contributed by atoms with Crippen molar-refractivity contribution in [2.75, 3.05) is 30.2 Å². The standard InChI is InChI=1S/C13H21NOS/c1-5-9-16(3,4)13-8-6-7-12(10-13)14(2)11-15/h6-8,10-11H,5,9H2,1-4H3. The van der Waals surface area contributed by atoms with Crippen LogP contribution in [0.5, 0.6) is 0 Å². The van der Waals surface area contributed by atoms with Gasteiger partial charge in [0.25, 0.3) is 0 Å². The molecule has 3 heteroatoms. The fraction of sp³-hybridized carbons (Fsp3) is 0.462. The predicted octanol–water partition coefficient (Wildman–Crippen LogP) is 3.11. The van der Waals surface area contributed by atoms with Crippen LogP contribution >= 0.6 is 10.0 Å². The molecule has 1 aromatic rings. The van der Waals surface area contributed by atoms with Crippen LogP contribution in [0.1, 0.15) is 13.3 Å². The van der Waals surface area contributed by atoms with Gasteiger partial charge in [-0.25, -0.2) is 10.0 Å². The Morgan fingerprint density at radius 2 is 2.06 bits per heavy atom. The summed E-state index contributed by atoms with van der Waals surface area (Å²) in [5.74, 6) is 1.24. The van der Waals surface area contributed by atoms with E-state index >= 15 is 0 Å². The number of carbonyl (C=O) groups excluding carboxylic acids is 1. The fourth-order valence-electron chi connectivity index (χ4n) is 1.74. The van der Waals surface area contributed by atoms with Crippen molar-refractivity contribution in [3.63, 3.8) is 0 Å². The molecule has 0 unspecified atom stereocenters. The summed E-state index contributed by atoms with van der Waals surface area (Å²) in [7, 11) is 1.07. The van der Waals surface area contributed by atoms with Crippen LogP contribution in [0.2, 0.25) is 0 Å². The van der Waals surface area contributed by atoms with E-state index in [0.717, 1.165) is 12.1 Å². The van der Waals surface area contributed by atoms with Crippen molar-refractivity contribution in [1.29, 1.82) is 0 Å². The zero-order valence-electron chi connectivity index (χ0n) is 10.6. The van der Waals surface area contributed by atoms with Gasteiger partial charge in [-0.3, -0.25) is 4.79 Å². The van der Waals surface area contributed by atoms with Crippen LogP contribution in [0.15, 0.2) is 29.2 Å². The van der Waals surface area contributed by atoms with Gasteiger partial charge in [0.2, 0.25) is 6.41 Å². The summed E-state index contributed by atoms with van der Waals surface area (Å²) in [4.78, 5) is 13.7. The molecule has 90 valence electrons. The Balaban J connectivity index is 3.02. The summed E-state index contributed by atoms with van der Waals surface area (Å²) in [6.07, 6.45) is 6.71. The molecular formula is C13H21NOS. The second-order valence-corrected chi connectivity index (χ2v) is 8.41. The van der Waals surface area contributed by atoms with Crippen molar-refractivity contribution in [1.82, 2.24) is 0 Å². The molecule has 1 aromatic carbocycles. The van der Waals surface area contributed by atoms with Crippen LogP contribution in [0.4, 0.5) is 5.69 Å². The van der Waals surface area contributed by atoms with Gasteiger partial charge < -0.3 is 4.90 Å². The molecule has 0 aliphatic heterocycles. The lowest BCUT2D eigenvalue weighted by Crippen LogP contribution is -2.14. The highest BCUT2D eigenvalue weighted by Gasteiger charge is 2.14. The third-order valence-corrected chi connectivity index (χ3v) is 5.69. The maximum Gasteiger partial charge on any atom is 0.213 e. The number of hydrogen-bond acceptors (Lipinski definition) is 1. The molecule has 0 heterocycles. The van der Waals surface area contributed by atoms with Crippen molar-refractivity contribution in [3.05, 3.63) is 24.3 Å². The third-order valence-electron chi connectivity index (χ3n) is 2.74. The second kappa shape index (κ2) is 5.39. The van der Waals surface area contributed by atoms with E-state index in [1.807, 2.05) is 12.1 Å². The van der Waals surface area contributed by atoms with Gasteiger partial charge in [-0.2, -0.15) is 0 Å². The molecule has 0 spiro atoms. The van der Waals surface area contributed by atoms with Gasteiger partial charge in [-0.1, -0.05) is 13.0 Å². The maximum atomic E-state index is 10.7. The topological polar surface area (TPSA) is 20.3 Å². The minimum absolute atomic E-state index is 0.717. The summed E-state index contributed by atoms with van der Waals surface area (Å²) in [5, 5.41) is 0. The summed E-state index contributed by atoms with van der Waals surface area (Å²) in [6, 6.07) is 8.32. The van der Waals surface area contributed by atoms with Crippen molar-refractivity contribution < 1.29 is 4.79 Å². The van der Waals surface area contributed by atoms with Gasteiger partial charge in [-0.15, -0.1) is 0 Å². The quantitative estimate of drug-likeness (QED) is 0.723. The molecule has 1 rings (SSSR count). The average molecular weight is 239 g/mol. The first-order chi connectivity index (χ1) is 7.51. The molecular weight excluding hydrogens is 218 g/mol. The van der Waals surface area contributed by atoms with E-state index in [-0.39, 0.29) is 0 Å². The SMILES string of the molecule is CCCS(C)(C)c1cccc(N(C)C=O)c1. The largest absolute Gasteiger partial charge is 0.318 e. The molecule has 0 saturated carbocycles. The summed E-state index contributed by atoms with van der Waals surface area (Å²) in [5.41, 5.74) is 0.976. The number of benzene rings is 1. The molecule has 0 aliphatic carbocycles. The molecule has 0 atom stereocenters. The third kappa shape index (κ3) is 3.01. The van der Waals surface area contributed by atoms with Crippen LogP contribution < -0.4 is 4.90 Å². The van der Waals surface area contributed by atoms with Crippen LogP contribution in [-0.2, 0) is 4.79 Å². The summed E-state index contributed by atoms with van der Waals surface area (Å²) >= 11 is 0. The van der Waals surface area contributed by atoms with Crippen LogP contribution in [0.3, 0.4) is 0 Å². The first-order valence-corrected chi connectivity index (χ1v) is 8.12. The smallest absolute Gasteiger partial charge is 0.213 e. The lowest BCUT2D eigenvalue weighted by Gasteiger charge is -2.32. The minimum Gasteiger partial charge on any atom is -0.318 e. The molecule has 2 nitrogen and oxygen atoms in total. The minimum atomic E-state index is -0.717. The molecule has 0 saturated heterocycles. The molecule has 0 aliphatic rings. The molecule has 0 radical (unpaired) electrons. The van der Waals surface area contributed by atoms with E-state index < -0.39 is 10.0 Å². The van der Waals surface area contributed by atoms with Gasteiger partial charge in [0.1, 0.15) is 0 Å². The van der Waals surface area contributed by atoms with E-state index in [4.69, 9.17) is 0 Å². The molecule has 0 N–H and O–H groups in total. The summed E-state index contributed by atoms with van der Waals surface area (Å²) in [6.45, 7) is 2.22. The second-order valence-electron chi connectivity index (χ2n) is 4.46. The van der Waals surface area contributed by atoms with Crippen molar-refractivity contribution >= 4 is 22.1 Å². The van der Waals surface area contributed by atoms with E-state index in [1.54, 1.807) is 11.9 Å². The zero-order chi connectivity index (χ0) is 12.2. The van der Waals surface area contributed by atoms with Crippen molar-refractivity contribution in [3.8, 4) is 0 Å². The number of anilines is 1. The van der Waals surface area contributed by atoms with Crippen molar-refractivity contribution in [2.45, 2.75) is 18.2 Å². The molecule has 0 aromatic heterocycles. The fourth-order valence-corrected chi connectivity index (χ4v) is 3.88. The van der Waals surface area contributed by atoms with Gasteiger partial charge >= 0.3 is 0 Å². The lowest BCUT2D eigenvalue weighted by molar-refractivity contribution is -0.107. The molecule has 16 heavy (non-hydrogen) atoms. The van der Waals surface area contributed by atoms with Crippen LogP contribution in [0, 0.1) is 0 Å². The number of amides is 1. The number of nitrogens with zero attached hydrogens (tertiary/aromatic N) is 1. The highest BCUT2D eigenvalue weighted by atomic mass is 32.3. The molecule has 1 amide bonds. The Kier molecular flexibility index (Phi) is 4.42. The van der Waals surface area contributed by atoms with Gasteiger partial charge in [0.05, 0.1) is 0 Å². The highest BCUT2D eigenvalue weighted by Crippen LogP contribution is 2.50. The first-order valence-electron chi connectivity index (χ1n) is 5.50. The van der Waals surface area contributed by atoms with Gasteiger partial charge in [0, 0.05) is 12.7 Å². The lowest BCUT2D eigenvalue weighted by atomic mass is 10.3. The maximum absolute atomic E-state index is 10.7. The Morgan fingerprint density at radius 3 is 2.62 bits per heavy atom. The number of hydrogen-bond donors (Lipinski definition) is 0. The Labute approximate surface area is 100.0 Å². The normalized spacial score (nSPS) is 12.2. The van der Waals surface area contributed by atoms with Crippen LogP contribution in [-0.4, -0.2) is 31.7 Å². The van der Waals surface area contributed by atoms with E-state index in [1.165, 1.54) is 17.1 Å². The van der Waals surface area contributed by atoms with Gasteiger partial charge in [-0.05, 0) is 47.8 Å². The molecule has 0 bridgehead atoms. The predicted molar refractivity (Wildman–Crippen MR) is 73.8 cm³/mol. The monoisotopic (exact) mass is 239 g/mol. The van der Waals surface area contributed by atoms with E-state index in [0.29, 0.717) is 0 Å². The van der Waals surface area contributed by atoms with Crippen LogP contribution in [0.25, 0.3) is 0 Å². The zero-order valence-corrected chi connectivity index (χ0v) is 11.4. The van der Waals surface area contributed by atoms with E-state index in [9.17, 15) is 4.79 Å². The average Bonchev–Trinajstić information content (AvgIpc) is 2.28. The Morgan fingerprint density at radius 1 is 1.38 bits per heavy atom. The Bertz CT molecular complexity index is 363. The Hall–Kier alpha value is -0.960. The highest BCUT2D eigenvalue weighted by molar-refractivity contribution is 8.32. The molecule has 0 fully saturated rings. The summed E-state index contributed by atoms with van der Waals surface area (Å²) < 4.78 is 0. The van der Waals surface area contributed by atoms with Gasteiger partial charge in [0.15, 0.2) is 0 Å².